The van der Waals surface area contributed by atoms with E-state index >= 15 is 0 Å². The van der Waals surface area contributed by atoms with Gasteiger partial charge in [-0.1, -0.05) is 6.07 Å². The van der Waals surface area contributed by atoms with Gasteiger partial charge in [0.1, 0.15) is 5.69 Å². The smallest absolute Gasteiger partial charge is 0.292 e. The van der Waals surface area contributed by atoms with Gasteiger partial charge >= 0.3 is 0 Å². The highest BCUT2D eigenvalue weighted by Crippen LogP contribution is 2.25. The molecule has 0 spiro atoms. The third-order valence-electron chi connectivity index (χ3n) is 2.88. The Bertz CT molecular complexity index is 700. The number of aryl methyl sites for hydroxylation is 1. The van der Waals surface area contributed by atoms with E-state index in [4.69, 9.17) is 5.73 Å². The fraction of sp³-hybridized carbons (Fsp3) is 0.143. The average molecular weight is 286 g/mol. The molecule has 0 saturated carbocycles. The lowest BCUT2D eigenvalue weighted by Gasteiger charge is -2.08. The Morgan fingerprint density at radius 2 is 2.14 bits per heavy atom. The topological polar surface area (TPSA) is 111 Å². The second-order valence-electron chi connectivity index (χ2n) is 4.48. The Labute approximate surface area is 121 Å². The van der Waals surface area contributed by atoms with Crippen molar-refractivity contribution in [2.45, 2.75) is 13.5 Å². The molecule has 1 aromatic carbocycles. The monoisotopic (exact) mass is 286 g/mol. The summed E-state index contributed by atoms with van der Waals surface area (Å²) < 4.78 is 0. The Morgan fingerprint density at radius 3 is 2.76 bits per heavy atom. The molecule has 0 saturated heterocycles. The van der Waals surface area contributed by atoms with Crippen molar-refractivity contribution in [3.8, 4) is 0 Å². The van der Waals surface area contributed by atoms with Crippen LogP contribution >= 0.6 is 0 Å². The number of carbonyl (C=O) groups is 1. The summed E-state index contributed by atoms with van der Waals surface area (Å²) in [5, 5.41) is 13.9. The van der Waals surface area contributed by atoms with Gasteiger partial charge in [-0.25, -0.2) is 0 Å². The maximum absolute atomic E-state index is 11.2. The van der Waals surface area contributed by atoms with E-state index in [2.05, 4.69) is 10.3 Å². The quantitative estimate of drug-likeness (QED) is 0.645. The van der Waals surface area contributed by atoms with E-state index < -0.39 is 10.8 Å². The summed E-state index contributed by atoms with van der Waals surface area (Å²) in [7, 11) is 0. The zero-order valence-electron chi connectivity index (χ0n) is 11.4. The molecule has 1 heterocycles. The van der Waals surface area contributed by atoms with Crippen molar-refractivity contribution < 1.29 is 9.72 Å². The second kappa shape index (κ2) is 6.00. The molecule has 7 nitrogen and oxygen atoms in total. The minimum atomic E-state index is -0.637. The molecule has 0 fully saturated rings. The molecule has 2 rings (SSSR count). The number of carbonyl (C=O) groups excluding carboxylic acids is 1. The molecule has 0 atom stereocenters. The van der Waals surface area contributed by atoms with Crippen molar-refractivity contribution in [3.05, 3.63) is 63.5 Å². The molecule has 0 radical (unpaired) electrons. The van der Waals surface area contributed by atoms with Gasteiger partial charge in [-0.05, 0) is 31.2 Å². The Kier molecular flexibility index (Phi) is 4.13. The molecule has 0 aliphatic rings. The molecule has 0 unspecified atom stereocenters. The summed E-state index contributed by atoms with van der Waals surface area (Å²) in [4.78, 5) is 25.9. The van der Waals surface area contributed by atoms with Crippen LogP contribution in [-0.4, -0.2) is 15.8 Å². The molecule has 0 aliphatic carbocycles. The van der Waals surface area contributed by atoms with E-state index in [1.54, 1.807) is 0 Å². The van der Waals surface area contributed by atoms with Gasteiger partial charge < -0.3 is 11.1 Å². The number of hydrogen-bond donors (Lipinski definition) is 2. The number of nitrogens with zero attached hydrogens (tertiary/aromatic N) is 2. The fourth-order valence-corrected chi connectivity index (χ4v) is 1.87. The van der Waals surface area contributed by atoms with Gasteiger partial charge in [0.2, 0.25) is 5.91 Å². The summed E-state index contributed by atoms with van der Waals surface area (Å²) in [5.41, 5.74) is 7.11. The van der Waals surface area contributed by atoms with Crippen LogP contribution in [0.3, 0.4) is 0 Å². The first-order chi connectivity index (χ1) is 9.97. The molecular formula is C14H14N4O3. The number of nitro groups is 1. The van der Waals surface area contributed by atoms with Crippen molar-refractivity contribution in [1.29, 1.82) is 0 Å². The molecule has 2 aromatic rings. The van der Waals surface area contributed by atoms with Gasteiger partial charge in [0.15, 0.2) is 0 Å². The molecule has 1 amide bonds. The van der Waals surface area contributed by atoms with Crippen LogP contribution in [0.15, 0.2) is 36.4 Å². The molecule has 1 aromatic heterocycles. The van der Waals surface area contributed by atoms with E-state index in [1.807, 2.05) is 25.1 Å². The maximum atomic E-state index is 11.2. The number of hydrogen-bond acceptors (Lipinski definition) is 5. The van der Waals surface area contributed by atoms with Crippen LogP contribution in [0, 0.1) is 17.0 Å². The van der Waals surface area contributed by atoms with Crippen molar-refractivity contribution in [2.24, 2.45) is 5.73 Å². The van der Waals surface area contributed by atoms with Gasteiger partial charge in [0.25, 0.3) is 5.69 Å². The van der Waals surface area contributed by atoms with Crippen LogP contribution in [0.2, 0.25) is 0 Å². The molecular weight excluding hydrogens is 272 g/mol. The van der Waals surface area contributed by atoms with Crippen LogP contribution in [0.1, 0.15) is 21.7 Å². The summed E-state index contributed by atoms with van der Waals surface area (Å²) in [6.07, 6.45) is 0. The predicted molar refractivity (Wildman–Crippen MR) is 77.9 cm³/mol. The van der Waals surface area contributed by atoms with E-state index in [1.165, 1.54) is 18.2 Å². The standard InChI is InChI=1S/C14H14N4O3/c1-9-3-2-4-11(17-9)8-16-12-7-10(14(15)19)5-6-13(12)18(20)21/h2-7,16H,8H2,1H3,(H2,15,19). The minimum absolute atomic E-state index is 0.118. The first-order valence-electron chi connectivity index (χ1n) is 6.22. The third kappa shape index (κ3) is 3.53. The molecule has 21 heavy (non-hydrogen) atoms. The number of anilines is 1. The van der Waals surface area contributed by atoms with Crippen molar-refractivity contribution >= 4 is 17.3 Å². The van der Waals surface area contributed by atoms with E-state index in [0.29, 0.717) is 6.54 Å². The number of amides is 1. The lowest BCUT2D eigenvalue weighted by atomic mass is 10.1. The zero-order valence-corrected chi connectivity index (χ0v) is 11.4. The second-order valence-corrected chi connectivity index (χ2v) is 4.48. The van der Waals surface area contributed by atoms with E-state index in [-0.39, 0.29) is 16.9 Å². The first-order valence-corrected chi connectivity index (χ1v) is 6.22. The average Bonchev–Trinajstić information content (AvgIpc) is 2.44. The highest BCUT2D eigenvalue weighted by Gasteiger charge is 2.15. The summed E-state index contributed by atoms with van der Waals surface area (Å²) >= 11 is 0. The Balaban J connectivity index is 2.26. The predicted octanol–water partition coefficient (Wildman–Crippen LogP) is 2.01. The number of primary amides is 1. The number of rotatable bonds is 5. The lowest BCUT2D eigenvalue weighted by Crippen LogP contribution is -2.12. The molecule has 7 heteroatoms. The van der Waals surface area contributed by atoms with Crippen LogP contribution in [0.25, 0.3) is 0 Å². The number of aromatic nitrogens is 1. The molecule has 108 valence electrons. The van der Waals surface area contributed by atoms with E-state index in [9.17, 15) is 14.9 Å². The number of pyridine rings is 1. The largest absolute Gasteiger partial charge is 0.374 e. The van der Waals surface area contributed by atoms with Gasteiger partial charge in [0.05, 0.1) is 17.2 Å². The van der Waals surface area contributed by atoms with Crippen molar-refractivity contribution in [1.82, 2.24) is 4.98 Å². The third-order valence-corrected chi connectivity index (χ3v) is 2.88. The highest BCUT2D eigenvalue weighted by atomic mass is 16.6. The lowest BCUT2D eigenvalue weighted by molar-refractivity contribution is -0.384. The van der Waals surface area contributed by atoms with Crippen molar-refractivity contribution in [2.75, 3.05) is 5.32 Å². The molecule has 0 aliphatic heterocycles. The van der Waals surface area contributed by atoms with Gasteiger partial charge in [-0.3, -0.25) is 19.9 Å². The maximum Gasteiger partial charge on any atom is 0.292 e. The number of nitrogens with two attached hydrogens (primary N) is 1. The van der Waals surface area contributed by atoms with Crippen molar-refractivity contribution in [3.63, 3.8) is 0 Å². The van der Waals surface area contributed by atoms with Gasteiger partial charge in [-0.15, -0.1) is 0 Å². The number of nitro benzene ring substituents is 1. The summed E-state index contributed by atoms with van der Waals surface area (Å²) in [5.74, 6) is -0.637. The number of nitrogens with one attached hydrogen (secondary N) is 1. The normalized spacial score (nSPS) is 10.1. The number of benzene rings is 1. The van der Waals surface area contributed by atoms with Gasteiger partial charge in [0, 0.05) is 17.3 Å². The van der Waals surface area contributed by atoms with Crippen LogP contribution < -0.4 is 11.1 Å². The Hall–Kier alpha value is -2.96. The summed E-state index contributed by atoms with van der Waals surface area (Å²) in [6, 6.07) is 9.48. The van der Waals surface area contributed by atoms with Crippen LogP contribution in [0.4, 0.5) is 11.4 Å². The van der Waals surface area contributed by atoms with Gasteiger partial charge in [-0.2, -0.15) is 0 Å². The minimum Gasteiger partial charge on any atom is -0.374 e. The highest BCUT2D eigenvalue weighted by molar-refractivity contribution is 5.94. The van der Waals surface area contributed by atoms with Crippen LogP contribution in [0.5, 0.6) is 0 Å². The summed E-state index contributed by atoms with van der Waals surface area (Å²) in [6.45, 7) is 2.17. The molecule has 3 N–H and O–H groups in total. The Morgan fingerprint density at radius 1 is 1.38 bits per heavy atom. The van der Waals surface area contributed by atoms with Crippen LogP contribution in [-0.2, 0) is 6.54 Å². The SMILES string of the molecule is Cc1cccc(CNc2cc(C(N)=O)ccc2[N+](=O)[O-])n1. The first kappa shape index (κ1) is 14.4. The zero-order chi connectivity index (χ0) is 15.4. The fourth-order valence-electron chi connectivity index (χ4n) is 1.87. The molecule has 0 bridgehead atoms. The van der Waals surface area contributed by atoms with E-state index in [0.717, 1.165) is 11.4 Å².